The summed E-state index contributed by atoms with van der Waals surface area (Å²) in [5.74, 6) is -0.198. The van der Waals surface area contributed by atoms with Gasteiger partial charge in [-0.2, -0.15) is 0 Å². The molecule has 1 heterocycles. The van der Waals surface area contributed by atoms with Crippen LogP contribution in [0.3, 0.4) is 0 Å². The smallest absolute Gasteiger partial charge is 0.291 e. The molecule has 214 valence electrons. The highest BCUT2D eigenvalue weighted by atomic mass is 19.1. The predicted octanol–water partition coefficient (Wildman–Crippen LogP) is 6.76. The summed E-state index contributed by atoms with van der Waals surface area (Å²) in [5, 5.41) is 16.1. The van der Waals surface area contributed by atoms with Crippen molar-refractivity contribution in [1.82, 2.24) is 5.32 Å². The number of ether oxygens (including phenoxy) is 1. The van der Waals surface area contributed by atoms with E-state index in [0.717, 1.165) is 16.5 Å². The normalized spacial score (nSPS) is 11.7. The summed E-state index contributed by atoms with van der Waals surface area (Å²) in [5.41, 5.74) is 3.34. The fourth-order valence-electron chi connectivity index (χ4n) is 4.57. The first kappa shape index (κ1) is 28.4. The first-order valence-electron chi connectivity index (χ1n) is 13.7. The van der Waals surface area contributed by atoms with Crippen LogP contribution in [0.15, 0.2) is 101 Å². The zero-order valence-corrected chi connectivity index (χ0v) is 23.1. The quantitative estimate of drug-likeness (QED) is 0.164. The molecule has 42 heavy (non-hydrogen) atoms. The number of anilines is 1. The highest BCUT2D eigenvalue weighted by Crippen LogP contribution is 2.28. The van der Waals surface area contributed by atoms with Gasteiger partial charge in [0.15, 0.2) is 5.76 Å². The van der Waals surface area contributed by atoms with Gasteiger partial charge in [0.25, 0.3) is 11.8 Å². The molecule has 5 rings (SSSR count). The third-order valence-corrected chi connectivity index (χ3v) is 6.83. The van der Waals surface area contributed by atoms with E-state index in [1.165, 1.54) is 12.1 Å². The van der Waals surface area contributed by atoms with Crippen molar-refractivity contribution in [3.63, 3.8) is 0 Å². The number of hydrogen-bond donors (Lipinski definition) is 3. The Labute approximate surface area is 242 Å². The van der Waals surface area contributed by atoms with Crippen LogP contribution in [0.4, 0.5) is 10.1 Å². The summed E-state index contributed by atoms with van der Waals surface area (Å²) in [6, 6.07) is 27.1. The first-order valence-corrected chi connectivity index (χ1v) is 13.7. The summed E-state index contributed by atoms with van der Waals surface area (Å²) in [6.45, 7) is 2.72. The Kier molecular flexibility index (Phi) is 8.82. The van der Waals surface area contributed by atoms with E-state index < -0.39 is 5.91 Å². The lowest BCUT2D eigenvalue weighted by atomic mass is 10.0. The third-order valence-electron chi connectivity index (χ3n) is 6.83. The number of phenolic OH excluding ortho intramolecular Hbond substituents is 1. The molecule has 0 radical (unpaired) electrons. The SMILES string of the molecule is CC(CNC(=O)c1ccc(NC(=O)c2cc3ccccc3o2)c(OCCc2ccc(O)cc2)c1)Cc1ccc(F)cc1. The minimum atomic E-state index is -0.443. The number of fused-ring (bicyclic) bond motifs is 1. The van der Waals surface area contributed by atoms with Crippen molar-refractivity contribution in [3.05, 3.63) is 125 Å². The molecule has 8 heteroatoms. The van der Waals surface area contributed by atoms with Gasteiger partial charge in [-0.1, -0.05) is 49.4 Å². The molecule has 4 aromatic carbocycles. The van der Waals surface area contributed by atoms with E-state index in [1.54, 1.807) is 66.7 Å². The number of carbonyl (C=O) groups excluding carboxylic acids is 2. The van der Waals surface area contributed by atoms with E-state index in [-0.39, 0.29) is 35.8 Å². The number of benzene rings is 4. The Hall–Kier alpha value is -5.11. The van der Waals surface area contributed by atoms with Crippen molar-refractivity contribution in [2.24, 2.45) is 5.92 Å². The molecule has 0 aliphatic rings. The second kappa shape index (κ2) is 13.0. The molecule has 0 aliphatic heterocycles. The van der Waals surface area contributed by atoms with Crippen molar-refractivity contribution in [2.75, 3.05) is 18.5 Å². The highest BCUT2D eigenvalue weighted by molar-refractivity contribution is 6.05. The number of rotatable bonds is 11. The Bertz CT molecular complexity index is 1650. The number of amides is 2. The van der Waals surface area contributed by atoms with Gasteiger partial charge in [0.05, 0.1) is 12.3 Å². The Balaban J connectivity index is 1.28. The maximum absolute atomic E-state index is 13.2. The van der Waals surface area contributed by atoms with Gasteiger partial charge in [-0.3, -0.25) is 9.59 Å². The zero-order chi connectivity index (χ0) is 29.5. The molecule has 0 fully saturated rings. The largest absolute Gasteiger partial charge is 0.508 e. The molecular formula is C34H31FN2O5. The standard InChI is InChI=1S/C34H31FN2O5/c1-22(18-24-6-11-27(35)12-7-24)21-36-33(39)26-10-15-29(31(20-26)41-17-16-23-8-13-28(38)14-9-23)37-34(40)32-19-25-4-2-3-5-30(25)42-32/h2-15,19-20,22,38H,16-18,21H2,1H3,(H,36,39)(H,37,40). The number of aromatic hydroxyl groups is 1. The van der Waals surface area contributed by atoms with Gasteiger partial charge >= 0.3 is 0 Å². The molecule has 5 aromatic rings. The van der Waals surface area contributed by atoms with Crippen molar-refractivity contribution in [3.8, 4) is 11.5 Å². The lowest BCUT2D eigenvalue weighted by molar-refractivity contribution is 0.0947. The molecule has 0 aliphatic carbocycles. The summed E-state index contributed by atoms with van der Waals surface area (Å²) in [7, 11) is 0. The second-order valence-corrected chi connectivity index (χ2v) is 10.2. The summed E-state index contributed by atoms with van der Waals surface area (Å²) >= 11 is 0. The number of carbonyl (C=O) groups is 2. The van der Waals surface area contributed by atoms with E-state index in [4.69, 9.17) is 9.15 Å². The van der Waals surface area contributed by atoms with E-state index in [2.05, 4.69) is 10.6 Å². The molecule has 2 amide bonds. The van der Waals surface area contributed by atoms with Crippen LogP contribution in [-0.2, 0) is 12.8 Å². The summed E-state index contributed by atoms with van der Waals surface area (Å²) in [6.07, 6.45) is 1.24. The first-order chi connectivity index (χ1) is 20.3. The van der Waals surface area contributed by atoms with Crippen LogP contribution in [0.25, 0.3) is 11.0 Å². The van der Waals surface area contributed by atoms with Crippen molar-refractivity contribution >= 4 is 28.5 Å². The molecular weight excluding hydrogens is 535 g/mol. The van der Waals surface area contributed by atoms with E-state index >= 15 is 0 Å². The molecule has 1 aromatic heterocycles. The van der Waals surface area contributed by atoms with Crippen LogP contribution >= 0.6 is 0 Å². The van der Waals surface area contributed by atoms with Gasteiger partial charge in [-0.05, 0) is 78.1 Å². The van der Waals surface area contributed by atoms with Crippen molar-refractivity contribution in [1.29, 1.82) is 0 Å². The second-order valence-electron chi connectivity index (χ2n) is 10.2. The molecule has 1 unspecified atom stereocenters. The monoisotopic (exact) mass is 566 g/mol. The Morgan fingerprint density at radius 1 is 0.905 bits per heavy atom. The maximum Gasteiger partial charge on any atom is 0.291 e. The predicted molar refractivity (Wildman–Crippen MR) is 160 cm³/mol. The average Bonchev–Trinajstić information content (AvgIpc) is 3.44. The molecule has 7 nitrogen and oxygen atoms in total. The van der Waals surface area contributed by atoms with Gasteiger partial charge in [0, 0.05) is 23.9 Å². The summed E-state index contributed by atoms with van der Waals surface area (Å²) in [4.78, 5) is 26.1. The summed E-state index contributed by atoms with van der Waals surface area (Å²) < 4.78 is 25.0. The van der Waals surface area contributed by atoms with Crippen LogP contribution < -0.4 is 15.4 Å². The minimum absolute atomic E-state index is 0.128. The number of nitrogens with one attached hydrogen (secondary N) is 2. The average molecular weight is 567 g/mol. The van der Waals surface area contributed by atoms with Gasteiger partial charge < -0.3 is 24.9 Å². The molecule has 0 bridgehead atoms. The maximum atomic E-state index is 13.2. The lowest BCUT2D eigenvalue weighted by Gasteiger charge is -2.16. The van der Waals surface area contributed by atoms with E-state index in [0.29, 0.717) is 42.0 Å². The molecule has 0 saturated heterocycles. The number of hydrogen-bond acceptors (Lipinski definition) is 5. The third kappa shape index (κ3) is 7.34. The minimum Gasteiger partial charge on any atom is -0.508 e. The van der Waals surface area contributed by atoms with E-state index in [1.807, 2.05) is 25.1 Å². The number of halogens is 1. The zero-order valence-electron chi connectivity index (χ0n) is 23.1. The van der Waals surface area contributed by atoms with Crippen LogP contribution in [0.1, 0.15) is 39.0 Å². The Morgan fingerprint density at radius 2 is 1.64 bits per heavy atom. The molecule has 0 spiro atoms. The molecule has 0 saturated carbocycles. The topological polar surface area (TPSA) is 101 Å². The number of phenols is 1. The van der Waals surface area contributed by atoms with Crippen molar-refractivity contribution < 1.29 is 28.2 Å². The number of para-hydroxylation sites is 1. The van der Waals surface area contributed by atoms with Gasteiger partial charge in [-0.25, -0.2) is 4.39 Å². The number of furan rings is 1. The molecule has 1 atom stereocenters. The van der Waals surface area contributed by atoms with Crippen LogP contribution in [0.5, 0.6) is 11.5 Å². The fraction of sp³-hybridized carbons (Fsp3) is 0.176. The fourth-order valence-corrected chi connectivity index (χ4v) is 4.57. The van der Waals surface area contributed by atoms with Crippen LogP contribution in [0.2, 0.25) is 0 Å². The highest BCUT2D eigenvalue weighted by Gasteiger charge is 2.17. The Morgan fingerprint density at radius 3 is 2.40 bits per heavy atom. The van der Waals surface area contributed by atoms with Crippen molar-refractivity contribution in [2.45, 2.75) is 19.8 Å². The molecule has 3 N–H and O–H groups in total. The van der Waals surface area contributed by atoms with Gasteiger partial charge in [-0.15, -0.1) is 0 Å². The van der Waals surface area contributed by atoms with Gasteiger partial charge in [0.2, 0.25) is 0 Å². The van der Waals surface area contributed by atoms with Crippen LogP contribution in [-0.4, -0.2) is 30.1 Å². The van der Waals surface area contributed by atoms with E-state index in [9.17, 15) is 19.1 Å². The lowest BCUT2D eigenvalue weighted by Crippen LogP contribution is -2.29. The van der Waals surface area contributed by atoms with Gasteiger partial charge in [0.1, 0.15) is 22.9 Å². The van der Waals surface area contributed by atoms with Crippen LogP contribution in [0, 0.1) is 11.7 Å².